The van der Waals surface area contributed by atoms with Crippen LogP contribution in [0.4, 0.5) is 0 Å². The van der Waals surface area contributed by atoms with Crippen molar-refractivity contribution in [2.75, 3.05) is 6.54 Å². The molecule has 0 aliphatic carbocycles. The Kier molecular flexibility index (Phi) is 4.77. The molecule has 8 nitrogen and oxygen atoms in total. The third kappa shape index (κ3) is 3.45. The third-order valence-electron chi connectivity index (χ3n) is 5.09. The Morgan fingerprint density at radius 1 is 1.18 bits per heavy atom. The molecule has 0 saturated carbocycles. The molecule has 0 bridgehead atoms. The van der Waals surface area contributed by atoms with Gasteiger partial charge < -0.3 is 4.90 Å². The molecule has 0 spiro atoms. The summed E-state index contributed by atoms with van der Waals surface area (Å²) in [5.74, 6) is -0.0519. The van der Waals surface area contributed by atoms with Crippen molar-refractivity contribution in [3.8, 4) is 11.3 Å². The molecule has 0 N–H and O–H groups in total. The molecule has 3 aromatic heterocycles. The molecule has 1 aliphatic rings. The molecule has 4 heterocycles. The Morgan fingerprint density at radius 3 is 2.68 bits per heavy atom. The number of nitrogens with zero attached hydrogens (tertiary/aromatic N) is 6. The molecule has 1 aliphatic heterocycles. The number of aryl methyl sites for hydroxylation is 2. The molecule has 28 heavy (non-hydrogen) atoms. The summed E-state index contributed by atoms with van der Waals surface area (Å²) < 4.78 is 3.07. The van der Waals surface area contributed by atoms with Gasteiger partial charge in [-0.15, -0.1) is 0 Å². The number of rotatable bonds is 4. The van der Waals surface area contributed by atoms with Gasteiger partial charge in [-0.1, -0.05) is 0 Å². The fourth-order valence-corrected chi connectivity index (χ4v) is 3.71. The van der Waals surface area contributed by atoms with Crippen molar-refractivity contribution < 1.29 is 4.79 Å². The second kappa shape index (κ2) is 7.38. The van der Waals surface area contributed by atoms with Crippen LogP contribution in [0.15, 0.2) is 47.5 Å². The lowest BCUT2D eigenvalue weighted by atomic mass is 10.2. The fraction of sp³-hybridized carbons (Fsp3) is 0.350. The summed E-state index contributed by atoms with van der Waals surface area (Å²) in [5.41, 5.74) is 2.81. The highest BCUT2D eigenvalue weighted by molar-refractivity contribution is 5.93. The van der Waals surface area contributed by atoms with Crippen LogP contribution in [0.3, 0.4) is 0 Å². The van der Waals surface area contributed by atoms with Gasteiger partial charge in [-0.05, 0) is 44.0 Å². The van der Waals surface area contributed by atoms with Crippen molar-refractivity contribution in [1.82, 2.24) is 29.4 Å². The van der Waals surface area contributed by atoms with Gasteiger partial charge in [0.05, 0.1) is 24.0 Å². The van der Waals surface area contributed by atoms with Crippen LogP contribution in [0.5, 0.6) is 0 Å². The number of aromatic nitrogens is 5. The van der Waals surface area contributed by atoms with E-state index in [1.54, 1.807) is 36.3 Å². The number of hydrogen-bond donors (Lipinski definition) is 0. The van der Waals surface area contributed by atoms with Gasteiger partial charge in [0.15, 0.2) is 0 Å². The first-order chi connectivity index (χ1) is 13.5. The van der Waals surface area contributed by atoms with Gasteiger partial charge in [-0.25, -0.2) is 4.68 Å². The van der Waals surface area contributed by atoms with Gasteiger partial charge in [0.1, 0.15) is 5.69 Å². The highest BCUT2D eigenvalue weighted by atomic mass is 16.2. The zero-order chi connectivity index (χ0) is 19.7. The Morgan fingerprint density at radius 2 is 1.96 bits per heavy atom. The maximum atomic E-state index is 13.0. The Bertz CT molecular complexity index is 1060. The summed E-state index contributed by atoms with van der Waals surface area (Å²) in [5, 5.41) is 8.78. The van der Waals surface area contributed by atoms with Gasteiger partial charge in [0.25, 0.3) is 11.5 Å². The quantitative estimate of drug-likeness (QED) is 0.689. The summed E-state index contributed by atoms with van der Waals surface area (Å²) in [6.45, 7) is 2.92. The lowest BCUT2D eigenvalue weighted by Crippen LogP contribution is -2.41. The van der Waals surface area contributed by atoms with E-state index in [9.17, 15) is 9.59 Å². The molecule has 1 amide bonds. The zero-order valence-corrected chi connectivity index (χ0v) is 15.9. The molecule has 1 unspecified atom stereocenters. The highest BCUT2D eigenvalue weighted by Gasteiger charge is 2.31. The Labute approximate surface area is 162 Å². The van der Waals surface area contributed by atoms with Crippen molar-refractivity contribution in [3.63, 3.8) is 0 Å². The van der Waals surface area contributed by atoms with Crippen molar-refractivity contribution >= 4 is 5.91 Å². The molecular weight excluding hydrogens is 356 g/mol. The van der Waals surface area contributed by atoms with Gasteiger partial charge in [-0.3, -0.25) is 19.3 Å². The summed E-state index contributed by atoms with van der Waals surface area (Å²) >= 11 is 0. The van der Waals surface area contributed by atoms with E-state index >= 15 is 0 Å². The highest BCUT2D eigenvalue weighted by Crippen LogP contribution is 2.22. The van der Waals surface area contributed by atoms with Crippen LogP contribution in [0.2, 0.25) is 0 Å². The SMILES string of the molecule is Cc1cc(C(=O)N2CCCC2Cn2nc(-c3ccncc3)ccc2=O)n(C)n1. The van der Waals surface area contributed by atoms with Crippen LogP contribution < -0.4 is 5.56 Å². The number of amides is 1. The average molecular weight is 378 g/mol. The van der Waals surface area contributed by atoms with Crippen LogP contribution >= 0.6 is 0 Å². The number of carbonyl (C=O) groups excluding carboxylic acids is 1. The zero-order valence-electron chi connectivity index (χ0n) is 15.9. The summed E-state index contributed by atoms with van der Waals surface area (Å²) in [6, 6.07) is 8.67. The smallest absolute Gasteiger partial charge is 0.272 e. The molecule has 3 aromatic rings. The standard InChI is InChI=1S/C20H22N6O2/c1-14-12-18(24(2)22-14)20(28)25-11-3-4-16(25)13-26-19(27)6-5-17(23-26)15-7-9-21-10-8-15/h5-10,12,16H,3-4,11,13H2,1-2H3. The minimum atomic E-state index is -0.173. The summed E-state index contributed by atoms with van der Waals surface area (Å²) in [7, 11) is 1.77. The van der Waals surface area contributed by atoms with E-state index in [1.165, 1.54) is 10.7 Å². The maximum absolute atomic E-state index is 13.0. The van der Waals surface area contributed by atoms with E-state index in [1.807, 2.05) is 24.0 Å². The average Bonchev–Trinajstić information content (AvgIpc) is 3.29. The van der Waals surface area contributed by atoms with Gasteiger partial charge in [0, 0.05) is 37.6 Å². The number of hydrogen-bond acceptors (Lipinski definition) is 5. The predicted molar refractivity (Wildman–Crippen MR) is 104 cm³/mol. The van der Waals surface area contributed by atoms with Crippen LogP contribution in [0.1, 0.15) is 29.0 Å². The third-order valence-corrected chi connectivity index (χ3v) is 5.09. The van der Waals surface area contributed by atoms with Gasteiger partial charge in [-0.2, -0.15) is 10.2 Å². The minimum absolute atomic E-state index is 0.0519. The summed E-state index contributed by atoms with van der Waals surface area (Å²) in [4.78, 5) is 31.2. The first kappa shape index (κ1) is 18.1. The first-order valence-corrected chi connectivity index (χ1v) is 9.33. The largest absolute Gasteiger partial charge is 0.332 e. The normalized spacial score (nSPS) is 16.5. The fourth-order valence-electron chi connectivity index (χ4n) is 3.71. The lowest BCUT2D eigenvalue weighted by Gasteiger charge is -2.25. The van der Waals surface area contributed by atoms with Crippen LogP contribution in [0.25, 0.3) is 11.3 Å². The predicted octanol–water partition coefficient (Wildman–Crippen LogP) is 1.65. The first-order valence-electron chi connectivity index (χ1n) is 9.33. The second-order valence-corrected chi connectivity index (χ2v) is 7.06. The Balaban J connectivity index is 1.59. The monoisotopic (exact) mass is 378 g/mol. The second-order valence-electron chi connectivity index (χ2n) is 7.06. The van der Waals surface area contributed by atoms with Gasteiger partial charge in [0.2, 0.25) is 0 Å². The van der Waals surface area contributed by atoms with Crippen LogP contribution in [0, 0.1) is 6.92 Å². The van der Waals surface area contributed by atoms with E-state index in [4.69, 9.17) is 0 Å². The maximum Gasteiger partial charge on any atom is 0.272 e. The van der Waals surface area contributed by atoms with E-state index in [-0.39, 0.29) is 17.5 Å². The van der Waals surface area contributed by atoms with Crippen molar-refractivity contribution in [3.05, 3.63) is 64.5 Å². The van der Waals surface area contributed by atoms with Crippen molar-refractivity contribution in [2.24, 2.45) is 7.05 Å². The summed E-state index contributed by atoms with van der Waals surface area (Å²) in [6.07, 6.45) is 5.14. The van der Waals surface area contributed by atoms with Gasteiger partial charge >= 0.3 is 0 Å². The van der Waals surface area contributed by atoms with Crippen LogP contribution in [-0.2, 0) is 13.6 Å². The molecule has 144 valence electrons. The van der Waals surface area contributed by atoms with E-state index < -0.39 is 0 Å². The molecule has 4 rings (SSSR count). The molecule has 8 heteroatoms. The number of carbonyl (C=O) groups is 1. The van der Waals surface area contributed by atoms with Crippen molar-refractivity contribution in [2.45, 2.75) is 32.4 Å². The van der Waals surface area contributed by atoms with Crippen LogP contribution in [-0.4, -0.2) is 47.9 Å². The molecule has 1 fully saturated rings. The Hall–Kier alpha value is -3.29. The number of likely N-dealkylation sites (tertiary alicyclic amines) is 1. The topological polar surface area (TPSA) is 85.9 Å². The van der Waals surface area contributed by atoms with E-state index in [2.05, 4.69) is 15.2 Å². The lowest BCUT2D eigenvalue weighted by molar-refractivity contribution is 0.0709. The molecule has 1 saturated heterocycles. The molecule has 0 aromatic carbocycles. The molecular formula is C20H22N6O2. The number of pyridine rings is 1. The van der Waals surface area contributed by atoms with E-state index in [0.717, 1.165) is 24.1 Å². The van der Waals surface area contributed by atoms with Crippen molar-refractivity contribution in [1.29, 1.82) is 0 Å². The molecule has 0 radical (unpaired) electrons. The minimum Gasteiger partial charge on any atom is -0.332 e. The van der Waals surface area contributed by atoms with E-state index in [0.29, 0.717) is 24.5 Å². The molecule has 1 atom stereocenters.